The van der Waals surface area contributed by atoms with Crippen molar-refractivity contribution >= 4 is 44.1 Å². The van der Waals surface area contributed by atoms with Crippen LogP contribution in [-0.2, 0) is 57.0 Å². The van der Waals surface area contributed by atoms with E-state index >= 15 is 0 Å². The zero-order valence-corrected chi connectivity index (χ0v) is 24.1. The molecule has 216 valence electrons. The fourth-order valence-electron chi connectivity index (χ4n) is 2.93. The van der Waals surface area contributed by atoms with Crippen molar-refractivity contribution in [3.8, 4) is 11.8 Å². The van der Waals surface area contributed by atoms with Crippen molar-refractivity contribution < 1.29 is 55.9 Å². The molecule has 2 heterocycles. The van der Waals surface area contributed by atoms with E-state index in [0.29, 0.717) is 5.75 Å². The maximum atomic E-state index is 12.5. The van der Waals surface area contributed by atoms with Gasteiger partial charge in [-0.05, 0) is 24.0 Å². The average molecular weight is 641 g/mol. The van der Waals surface area contributed by atoms with Crippen LogP contribution >= 0.6 is 23.5 Å². The Hall–Kier alpha value is -0.900. The molecule has 0 amide bonds. The molecule has 22 heteroatoms. The second kappa shape index (κ2) is 14.1. The van der Waals surface area contributed by atoms with Gasteiger partial charge in [0.05, 0.1) is 25.2 Å². The summed E-state index contributed by atoms with van der Waals surface area (Å²) in [6.45, 7) is 1.32. The minimum absolute atomic E-state index is 0.00396. The van der Waals surface area contributed by atoms with Crippen LogP contribution in [0, 0.1) is 11.8 Å². The van der Waals surface area contributed by atoms with Crippen LogP contribution in [0.4, 0.5) is 0 Å². The summed E-state index contributed by atoms with van der Waals surface area (Å²) in [6, 6.07) is 0. The fourth-order valence-corrected chi connectivity index (χ4v) is 6.62. The number of nitrogens with one attached hydrogen (secondary N) is 2. The van der Waals surface area contributed by atoms with E-state index in [1.54, 1.807) is 7.05 Å². The van der Waals surface area contributed by atoms with E-state index in [0.717, 1.165) is 4.57 Å². The van der Waals surface area contributed by atoms with Crippen LogP contribution in [0.3, 0.4) is 0 Å². The van der Waals surface area contributed by atoms with Gasteiger partial charge in [0.1, 0.15) is 17.9 Å². The molecule has 6 N–H and O–H groups in total. The molecule has 4 unspecified atom stereocenters. The SMILES string of the molecule is CCS(=S)COC1C[C@H](n2cc(C#CCNC)c(=O)[nH]c2=O)O[C@@H]1COP(=O)(O)OP(=O)(O)OP(=O)(O)O. The number of aromatic nitrogens is 2. The summed E-state index contributed by atoms with van der Waals surface area (Å²) in [7, 11) is -15.6. The Morgan fingerprint density at radius 3 is 2.53 bits per heavy atom. The summed E-state index contributed by atoms with van der Waals surface area (Å²) in [4.78, 5) is 63.0. The lowest BCUT2D eigenvalue weighted by molar-refractivity contribution is -0.0545. The summed E-state index contributed by atoms with van der Waals surface area (Å²) in [6.07, 6.45) is -1.91. The monoisotopic (exact) mass is 641 g/mol. The Bertz CT molecular complexity index is 1330. The van der Waals surface area contributed by atoms with E-state index in [4.69, 9.17) is 30.4 Å². The molecule has 1 aromatic heterocycles. The van der Waals surface area contributed by atoms with Crippen molar-refractivity contribution in [1.29, 1.82) is 0 Å². The van der Waals surface area contributed by atoms with Crippen LogP contribution < -0.4 is 16.6 Å². The van der Waals surface area contributed by atoms with Crippen LogP contribution in [0.5, 0.6) is 0 Å². The molecule has 0 saturated carbocycles. The number of phosphoric ester groups is 1. The molecule has 0 aliphatic carbocycles. The van der Waals surface area contributed by atoms with Crippen molar-refractivity contribution in [2.75, 3.05) is 31.9 Å². The van der Waals surface area contributed by atoms with Crippen LogP contribution in [0.25, 0.3) is 0 Å². The van der Waals surface area contributed by atoms with Crippen LogP contribution in [0.2, 0.25) is 0 Å². The van der Waals surface area contributed by atoms with Gasteiger partial charge in [0.2, 0.25) is 0 Å². The molecule has 0 radical (unpaired) electrons. The van der Waals surface area contributed by atoms with Crippen LogP contribution in [0.15, 0.2) is 15.8 Å². The first-order chi connectivity index (χ1) is 17.6. The Morgan fingerprint density at radius 1 is 1.24 bits per heavy atom. The largest absolute Gasteiger partial charge is 0.490 e. The second-order valence-electron chi connectivity index (χ2n) is 7.34. The van der Waals surface area contributed by atoms with Gasteiger partial charge in [0.25, 0.3) is 5.56 Å². The molecule has 1 aromatic rings. The first-order valence-corrected chi connectivity index (χ1v) is 17.5. The molecule has 1 aliphatic heterocycles. The van der Waals surface area contributed by atoms with E-state index in [1.165, 1.54) is 6.20 Å². The first kappa shape index (κ1) is 33.3. The first-order valence-electron chi connectivity index (χ1n) is 10.4. The maximum absolute atomic E-state index is 12.5. The molecule has 0 spiro atoms. The molecule has 17 nitrogen and oxygen atoms in total. The predicted octanol–water partition coefficient (Wildman–Crippen LogP) is -0.819. The number of phosphoric acid groups is 3. The average Bonchev–Trinajstić information content (AvgIpc) is 3.18. The zero-order chi connectivity index (χ0) is 28.7. The number of aromatic amines is 1. The van der Waals surface area contributed by atoms with Gasteiger partial charge in [0.15, 0.2) is 0 Å². The minimum atomic E-state index is -5.71. The molecule has 1 saturated heterocycles. The number of ether oxygens (including phenoxy) is 2. The number of hydrogen-bond donors (Lipinski definition) is 6. The quantitative estimate of drug-likeness (QED) is 0.114. The summed E-state index contributed by atoms with van der Waals surface area (Å²) in [5.74, 6) is 6.02. The third-order valence-corrected chi connectivity index (χ3v) is 10.3. The summed E-state index contributed by atoms with van der Waals surface area (Å²) in [5.41, 5.74) is -1.58. The molecule has 1 fully saturated rings. The third kappa shape index (κ3) is 10.9. The Morgan fingerprint density at radius 2 is 1.92 bits per heavy atom. The number of rotatable bonds is 13. The van der Waals surface area contributed by atoms with Crippen molar-refractivity contribution in [2.24, 2.45) is 0 Å². The van der Waals surface area contributed by atoms with E-state index in [2.05, 4.69) is 35.3 Å². The number of nitrogens with zero attached hydrogens (tertiary/aromatic N) is 1. The molecular formula is C16H26N3O14P3S2. The van der Waals surface area contributed by atoms with Gasteiger partial charge < -0.3 is 34.4 Å². The lowest BCUT2D eigenvalue weighted by Gasteiger charge is -2.21. The molecule has 6 atom stereocenters. The highest BCUT2D eigenvalue weighted by molar-refractivity contribution is 8.28. The molecule has 2 rings (SSSR count). The normalized spacial score (nSPS) is 23.7. The van der Waals surface area contributed by atoms with Gasteiger partial charge in [-0.3, -0.25) is 18.9 Å². The molecular weight excluding hydrogens is 615 g/mol. The lowest BCUT2D eigenvalue weighted by Crippen LogP contribution is -2.33. The van der Waals surface area contributed by atoms with Crippen molar-refractivity contribution in [3.05, 3.63) is 32.6 Å². The third-order valence-electron chi connectivity index (χ3n) is 4.50. The summed E-state index contributed by atoms with van der Waals surface area (Å²) < 4.78 is 59.1. The predicted molar refractivity (Wildman–Crippen MR) is 135 cm³/mol. The van der Waals surface area contributed by atoms with Gasteiger partial charge in [-0.2, -0.15) is 8.62 Å². The second-order valence-corrected chi connectivity index (χ2v) is 14.9. The summed E-state index contributed by atoms with van der Waals surface area (Å²) in [5, 5.41) is 2.78. The highest BCUT2D eigenvalue weighted by atomic mass is 32.8. The molecule has 0 bridgehead atoms. The van der Waals surface area contributed by atoms with E-state index in [1.807, 2.05) is 6.92 Å². The number of hydrogen-bond acceptors (Lipinski definition) is 12. The Kier molecular flexibility index (Phi) is 12.4. The molecule has 0 aromatic carbocycles. The topological polar surface area (TPSA) is 245 Å². The molecule has 1 aliphatic rings. The molecule has 38 heavy (non-hydrogen) atoms. The van der Waals surface area contributed by atoms with E-state index in [-0.39, 0.29) is 24.5 Å². The van der Waals surface area contributed by atoms with Crippen molar-refractivity contribution in [3.63, 3.8) is 0 Å². The standard InChI is InChI=1S/C16H26N3O14P3S2/c1-3-38(37)10-29-12-7-14(19-8-11(5-4-6-17-2)15(20)18-16(19)21)31-13(12)9-30-35(25,26)33-36(27,28)32-34(22,23)24/h8,12-14,17H,3,6-7,9-10H2,1-2H3,(H,25,26)(H,27,28)(H,18,20,21)(H2,22,23,24)/t12?,13-,14-,38?/m1/s1. The smallest absolute Gasteiger partial charge is 0.364 e. The van der Waals surface area contributed by atoms with Crippen LogP contribution in [-0.4, -0.2) is 73.2 Å². The van der Waals surface area contributed by atoms with Gasteiger partial charge in [-0.1, -0.05) is 28.2 Å². The van der Waals surface area contributed by atoms with E-state index in [9.17, 15) is 33.1 Å². The maximum Gasteiger partial charge on any atom is 0.490 e. The van der Waals surface area contributed by atoms with Gasteiger partial charge in [-0.15, -0.1) is 0 Å². The fraction of sp³-hybridized carbons (Fsp3) is 0.625. The van der Waals surface area contributed by atoms with Gasteiger partial charge >= 0.3 is 29.2 Å². The Labute approximate surface area is 222 Å². The van der Waals surface area contributed by atoms with E-state index < -0.39 is 69.2 Å². The van der Waals surface area contributed by atoms with Crippen molar-refractivity contribution in [2.45, 2.75) is 31.8 Å². The minimum Gasteiger partial charge on any atom is -0.364 e. The zero-order valence-electron chi connectivity index (χ0n) is 19.8. The summed E-state index contributed by atoms with van der Waals surface area (Å²) >= 11 is 5.24. The lowest BCUT2D eigenvalue weighted by atomic mass is 10.2. The van der Waals surface area contributed by atoms with Crippen molar-refractivity contribution in [1.82, 2.24) is 14.9 Å². The van der Waals surface area contributed by atoms with Gasteiger partial charge in [0, 0.05) is 12.6 Å². The highest BCUT2D eigenvalue weighted by Crippen LogP contribution is 2.66. The number of H-pyrrole nitrogens is 1. The Balaban J connectivity index is 2.25. The van der Waals surface area contributed by atoms with Gasteiger partial charge in [-0.25, -0.2) is 18.5 Å². The highest BCUT2D eigenvalue weighted by Gasteiger charge is 2.43. The van der Waals surface area contributed by atoms with Crippen LogP contribution in [0.1, 0.15) is 25.1 Å².